The van der Waals surface area contributed by atoms with Crippen molar-refractivity contribution in [2.75, 3.05) is 32.1 Å². The number of anilines is 1. The van der Waals surface area contributed by atoms with E-state index < -0.39 is 0 Å². The van der Waals surface area contributed by atoms with Crippen LogP contribution < -0.4 is 9.80 Å². The van der Waals surface area contributed by atoms with Gasteiger partial charge in [0.2, 0.25) is 0 Å². The summed E-state index contributed by atoms with van der Waals surface area (Å²) in [5.74, 6) is 0. The molecule has 0 saturated heterocycles. The lowest BCUT2D eigenvalue weighted by Gasteiger charge is -2.21. The monoisotopic (exact) mass is 642 g/mol. The minimum absolute atomic E-state index is 1.18. The van der Waals surface area contributed by atoms with Crippen molar-refractivity contribution in [3.8, 4) is 0 Å². The maximum Gasteiger partial charge on any atom is 0.133 e. The molecule has 46 heavy (non-hydrogen) atoms. The van der Waals surface area contributed by atoms with Crippen molar-refractivity contribution in [2.45, 2.75) is 219 Å². The number of hydrogen-bond acceptors (Lipinski definition) is 1. The van der Waals surface area contributed by atoms with Gasteiger partial charge in [0.05, 0.1) is 13.6 Å². The highest BCUT2D eigenvalue weighted by Gasteiger charge is 2.09. The zero-order valence-electron chi connectivity index (χ0n) is 32.3. The van der Waals surface area contributed by atoms with Crippen molar-refractivity contribution in [1.82, 2.24) is 0 Å². The molecule has 0 spiro atoms. The van der Waals surface area contributed by atoms with Crippen molar-refractivity contribution in [2.24, 2.45) is 0 Å². The average molecular weight is 642 g/mol. The summed E-state index contributed by atoms with van der Waals surface area (Å²) in [5, 5.41) is 0. The Morgan fingerprint density at radius 1 is 0.435 bits per heavy atom. The lowest BCUT2D eigenvalue weighted by molar-refractivity contribution is -0.810. The predicted octanol–water partition coefficient (Wildman–Crippen LogP) is 13.8. The van der Waals surface area contributed by atoms with Gasteiger partial charge in [0.15, 0.2) is 0 Å². The molecule has 1 aromatic carbocycles. The highest BCUT2D eigenvalue weighted by molar-refractivity contribution is 5.52. The zero-order valence-corrected chi connectivity index (χ0v) is 32.3. The molecule has 0 saturated carbocycles. The van der Waals surface area contributed by atoms with E-state index in [9.17, 15) is 0 Å². The second kappa shape index (κ2) is 33.9. The lowest BCUT2D eigenvalue weighted by atomic mass is 10.0. The van der Waals surface area contributed by atoms with Gasteiger partial charge < -0.3 is 9.80 Å². The Balaban J connectivity index is 1.96. The Morgan fingerprint density at radius 2 is 0.761 bits per heavy atom. The minimum Gasteiger partial charge on any atom is -0.374 e. The Morgan fingerprint density at radius 3 is 1.13 bits per heavy atom. The largest absolute Gasteiger partial charge is 0.374 e. The van der Waals surface area contributed by atoms with E-state index in [2.05, 4.69) is 57.1 Å². The van der Waals surface area contributed by atoms with Gasteiger partial charge in [0, 0.05) is 25.3 Å². The summed E-state index contributed by atoms with van der Waals surface area (Å²) in [6.45, 7) is 7.05. The van der Waals surface area contributed by atoms with Gasteiger partial charge in [-0.15, -0.1) is 0 Å². The normalized spacial score (nSPS) is 12.2. The Bertz CT molecular complexity index is 673. The van der Waals surface area contributed by atoms with E-state index in [0.717, 1.165) is 0 Å². The van der Waals surface area contributed by atoms with Gasteiger partial charge in [0.1, 0.15) is 5.69 Å². The molecule has 2 nitrogen and oxygen atoms in total. The molecule has 1 unspecified atom stereocenters. The van der Waals surface area contributed by atoms with Crippen LogP contribution in [0, 0.1) is 0 Å². The first-order chi connectivity index (χ1) is 22.7. The van der Waals surface area contributed by atoms with E-state index in [-0.39, 0.29) is 0 Å². The van der Waals surface area contributed by atoms with Crippen LogP contribution in [0.1, 0.15) is 219 Å². The molecular formula is C44H85N2+. The first kappa shape index (κ1) is 43.0. The van der Waals surface area contributed by atoms with Gasteiger partial charge in [-0.3, -0.25) is 0 Å². The lowest BCUT2D eigenvalue weighted by Crippen LogP contribution is -3.03. The third kappa shape index (κ3) is 27.0. The molecule has 1 aromatic rings. The topological polar surface area (TPSA) is 7.68 Å². The van der Waals surface area contributed by atoms with Crippen LogP contribution in [0.5, 0.6) is 0 Å². The summed E-state index contributed by atoms with van der Waals surface area (Å²) in [7, 11) is 4.65. The van der Waals surface area contributed by atoms with Crippen LogP contribution in [0.2, 0.25) is 0 Å². The SMILES string of the molecule is CCCCCCCCCCCCCCCCCCN(C)c1cccc([NH+](C)CCCCCCCCCCCCCCCCCC)c1. The van der Waals surface area contributed by atoms with Crippen molar-refractivity contribution in [3.05, 3.63) is 24.3 Å². The maximum atomic E-state index is 2.48. The maximum absolute atomic E-state index is 2.48. The van der Waals surface area contributed by atoms with Crippen molar-refractivity contribution in [1.29, 1.82) is 0 Å². The highest BCUT2D eigenvalue weighted by Crippen LogP contribution is 2.18. The van der Waals surface area contributed by atoms with Crippen LogP contribution in [0.4, 0.5) is 11.4 Å². The third-order valence-corrected chi connectivity index (χ3v) is 10.5. The summed E-state index contributed by atoms with van der Waals surface area (Å²) in [5.41, 5.74) is 2.85. The fourth-order valence-corrected chi connectivity index (χ4v) is 7.12. The molecule has 0 amide bonds. The first-order valence-electron chi connectivity index (χ1n) is 21.3. The van der Waals surface area contributed by atoms with Crippen LogP contribution in [-0.2, 0) is 0 Å². The Labute approximate surface area is 291 Å². The summed E-state index contributed by atoms with van der Waals surface area (Å²) < 4.78 is 0. The second-order valence-electron chi connectivity index (χ2n) is 15.1. The summed E-state index contributed by atoms with van der Waals surface area (Å²) in [4.78, 5) is 4.05. The van der Waals surface area contributed by atoms with E-state index in [1.54, 1.807) is 4.90 Å². The molecule has 0 radical (unpaired) electrons. The van der Waals surface area contributed by atoms with E-state index in [1.165, 1.54) is 230 Å². The molecule has 0 aromatic heterocycles. The van der Waals surface area contributed by atoms with E-state index in [0.29, 0.717) is 0 Å². The summed E-state index contributed by atoms with van der Waals surface area (Å²) >= 11 is 0. The van der Waals surface area contributed by atoms with Crippen molar-refractivity contribution in [3.63, 3.8) is 0 Å². The molecule has 0 fully saturated rings. The molecule has 0 aliphatic heterocycles. The standard InChI is InChI=1S/C44H84N2/c1-5-7-9-11-13-15-17-19-21-23-25-27-29-31-33-35-40-45(3)43-38-37-39-44(42-43)46(4)41-36-34-32-30-28-26-24-22-20-18-16-14-12-10-8-6-2/h37-39,42H,5-36,40-41H2,1-4H3/p+1. The van der Waals surface area contributed by atoms with Crippen molar-refractivity contribution < 1.29 is 4.90 Å². The Kier molecular flexibility index (Phi) is 31.7. The van der Waals surface area contributed by atoms with Crippen LogP contribution >= 0.6 is 0 Å². The van der Waals surface area contributed by atoms with Gasteiger partial charge in [-0.2, -0.15) is 0 Å². The number of unbranched alkanes of at least 4 members (excludes halogenated alkanes) is 30. The van der Waals surface area contributed by atoms with Gasteiger partial charge >= 0.3 is 0 Å². The smallest absolute Gasteiger partial charge is 0.133 e. The Hall–Kier alpha value is -1.02. The van der Waals surface area contributed by atoms with E-state index in [1.807, 2.05) is 0 Å². The molecular weight excluding hydrogens is 556 g/mol. The van der Waals surface area contributed by atoms with Crippen molar-refractivity contribution >= 4 is 11.4 Å². The van der Waals surface area contributed by atoms with Crippen LogP contribution in [0.25, 0.3) is 0 Å². The second-order valence-corrected chi connectivity index (χ2v) is 15.1. The number of hydrogen-bond donors (Lipinski definition) is 1. The fourth-order valence-electron chi connectivity index (χ4n) is 7.12. The molecule has 0 heterocycles. The highest BCUT2D eigenvalue weighted by atomic mass is 15.1. The molecule has 1 N–H and O–H groups in total. The molecule has 0 aliphatic rings. The molecule has 1 atom stereocenters. The number of rotatable bonds is 36. The minimum atomic E-state index is 1.18. The molecule has 2 heteroatoms. The molecule has 1 rings (SSSR count). The van der Waals surface area contributed by atoms with Crippen LogP contribution in [0.15, 0.2) is 24.3 Å². The average Bonchev–Trinajstić information content (AvgIpc) is 3.07. The third-order valence-electron chi connectivity index (χ3n) is 10.5. The van der Waals surface area contributed by atoms with E-state index >= 15 is 0 Å². The molecule has 270 valence electrons. The first-order valence-corrected chi connectivity index (χ1v) is 21.3. The number of quaternary nitrogens is 1. The van der Waals surface area contributed by atoms with Gasteiger partial charge in [-0.25, -0.2) is 0 Å². The number of nitrogens with zero attached hydrogens (tertiary/aromatic N) is 1. The van der Waals surface area contributed by atoms with Crippen LogP contribution in [-0.4, -0.2) is 27.2 Å². The van der Waals surface area contributed by atoms with Gasteiger partial charge in [0.25, 0.3) is 0 Å². The molecule has 0 bridgehead atoms. The predicted molar refractivity (Wildman–Crippen MR) is 210 cm³/mol. The summed E-state index contributed by atoms with van der Waals surface area (Å²) in [6, 6.07) is 9.34. The van der Waals surface area contributed by atoms with Gasteiger partial charge in [-0.1, -0.05) is 206 Å². The quantitative estimate of drug-likeness (QED) is 0.0716. The zero-order chi connectivity index (χ0) is 33.2. The molecule has 0 aliphatic carbocycles. The van der Waals surface area contributed by atoms with Gasteiger partial charge in [-0.05, 0) is 31.4 Å². The number of nitrogens with one attached hydrogen (secondary N) is 1. The van der Waals surface area contributed by atoms with Crippen LogP contribution in [0.3, 0.4) is 0 Å². The number of benzene rings is 1. The van der Waals surface area contributed by atoms with E-state index in [4.69, 9.17) is 0 Å². The summed E-state index contributed by atoms with van der Waals surface area (Å²) in [6.07, 6.45) is 46.1. The fraction of sp³-hybridized carbons (Fsp3) is 0.864.